The molecule has 4 nitrogen and oxygen atoms in total. The molecule has 3 aromatic rings. The predicted octanol–water partition coefficient (Wildman–Crippen LogP) is 4.61. The molecule has 24 heavy (non-hydrogen) atoms. The zero-order valence-electron chi connectivity index (χ0n) is 13.4. The smallest absolute Gasteiger partial charge is 0.203 e. The molecule has 0 saturated carbocycles. The SMILES string of the molecule is COc1ccc(-c2cnc(NCc3cc(Br)ccc3F)n2C)cc1. The number of benzene rings is 2. The Balaban J connectivity index is 1.78. The zero-order valence-corrected chi connectivity index (χ0v) is 15.0. The van der Waals surface area contributed by atoms with Crippen LogP contribution >= 0.6 is 15.9 Å². The fourth-order valence-electron chi connectivity index (χ4n) is 2.46. The van der Waals surface area contributed by atoms with Crippen molar-refractivity contribution in [2.75, 3.05) is 12.4 Å². The molecule has 3 rings (SSSR count). The molecule has 0 aliphatic rings. The quantitative estimate of drug-likeness (QED) is 0.692. The van der Waals surface area contributed by atoms with E-state index in [-0.39, 0.29) is 5.82 Å². The lowest BCUT2D eigenvalue weighted by Gasteiger charge is -2.10. The van der Waals surface area contributed by atoms with E-state index in [1.807, 2.05) is 35.9 Å². The van der Waals surface area contributed by atoms with E-state index in [0.717, 1.165) is 21.5 Å². The Bertz CT molecular complexity index is 846. The number of nitrogens with one attached hydrogen (secondary N) is 1. The second-order valence-electron chi connectivity index (χ2n) is 5.34. The Morgan fingerprint density at radius 2 is 1.96 bits per heavy atom. The van der Waals surface area contributed by atoms with Crippen molar-refractivity contribution in [1.29, 1.82) is 0 Å². The summed E-state index contributed by atoms with van der Waals surface area (Å²) in [7, 11) is 3.56. The van der Waals surface area contributed by atoms with E-state index >= 15 is 0 Å². The van der Waals surface area contributed by atoms with Gasteiger partial charge in [0.05, 0.1) is 19.0 Å². The number of hydrogen-bond donors (Lipinski definition) is 1. The molecular weight excluding hydrogens is 373 g/mol. The largest absolute Gasteiger partial charge is 0.497 e. The fourth-order valence-corrected chi connectivity index (χ4v) is 2.87. The number of nitrogens with zero attached hydrogens (tertiary/aromatic N) is 2. The summed E-state index contributed by atoms with van der Waals surface area (Å²) < 4.78 is 21.8. The van der Waals surface area contributed by atoms with Crippen molar-refractivity contribution < 1.29 is 9.13 Å². The number of imidazole rings is 1. The van der Waals surface area contributed by atoms with Gasteiger partial charge in [0.15, 0.2) is 0 Å². The molecule has 1 N–H and O–H groups in total. The maximum absolute atomic E-state index is 13.8. The first-order chi connectivity index (χ1) is 11.6. The molecule has 0 atom stereocenters. The van der Waals surface area contributed by atoms with Crippen LogP contribution < -0.4 is 10.1 Å². The average molecular weight is 390 g/mol. The number of methoxy groups -OCH3 is 1. The number of aromatic nitrogens is 2. The first kappa shape index (κ1) is 16.5. The molecule has 0 aliphatic carbocycles. The van der Waals surface area contributed by atoms with Crippen LogP contribution in [0.15, 0.2) is 53.1 Å². The molecule has 0 aliphatic heterocycles. The first-order valence-corrected chi connectivity index (χ1v) is 8.21. The van der Waals surface area contributed by atoms with Gasteiger partial charge in [0.2, 0.25) is 5.95 Å². The molecule has 0 saturated heterocycles. The van der Waals surface area contributed by atoms with Crippen molar-refractivity contribution in [3.8, 4) is 17.0 Å². The molecule has 124 valence electrons. The van der Waals surface area contributed by atoms with Gasteiger partial charge in [-0.3, -0.25) is 0 Å². The van der Waals surface area contributed by atoms with Gasteiger partial charge in [-0.2, -0.15) is 0 Å². The third kappa shape index (κ3) is 3.43. The average Bonchev–Trinajstić information content (AvgIpc) is 2.96. The Hall–Kier alpha value is -2.34. The number of ether oxygens (including phenoxy) is 1. The van der Waals surface area contributed by atoms with E-state index in [2.05, 4.69) is 26.2 Å². The summed E-state index contributed by atoms with van der Waals surface area (Å²) in [6.45, 7) is 0.359. The zero-order chi connectivity index (χ0) is 17.1. The van der Waals surface area contributed by atoms with Gasteiger partial charge in [-0.25, -0.2) is 9.37 Å². The molecule has 0 radical (unpaired) electrons. The highest BCUT2D eigenvalue weighted by atomic mass is 79.9. The van der Waals surface area contributed by atoms with Gasteiger partial charge in [-0.1, -0.05) is 15.9 Å². The van der Waals surface area contributed by atoms with Crippen LogP contribution in [0.3, 0.4) is 0 Å². The van der Waals surface area contributed by atoms with Crippen LogP contribution in [0, 0.1) is 5.82 Å². The van der Waals surface area contributed by atoms with Crippen molar-refractivity contribution >= 4 is 21.9 Å². The normalized spacial score (nSPS) is 10.7. The van der Waals surface area contributed by atoms with Crippen LogP contribution in [0.5, 0.6) is 5.75 Å². The van der Waals surface area contributed by atoms with Crippen molar-refractivity contribution in [3.05, 3.63) is 64.5 Å². The lowest BCUT2D eigenvalue weighted by molar-refractivity contribution is 0.415. The van der Waals surface area contributed by atoms with Crippen molar-refractivity contribution in [2.45, 2.75) is 6.54 Å². The Labute approximate surface area is 148 Å². The monoisotopic (exact) mass is 389 g/mol. The molecule has 0 unspecified atom stereocenters. The van der Waals surface area contributed by atoms with E-state index in [1.165, 1.54) is 6.07 Å². The summed E-state index contributed by atoms with van der Waals surface area (Å²) >= 11 is 3.36. The number of halogens is 2. The minimum absolute atomic E-state index is 0.240. The molecule has 0 bridgehead atoms. The highest BCUT2D eigenvalue weighted by Gasteiger charge is 2.10. The minimum atomic E-state index is -0.240. The van der Waals surface area contributed by atoms with Crippen molar-refractivity contribution in [2.24, 2.45) is 7.05 Å². The minimum Gasteiger partial charge on any atom is -0.497 e. The van der Waals surface area contributed by atoms with Gasteiger partial charge >= 0.3 is 0 Å². The lowest BCUT2D eigenvalue weighted by atomic mass is 10.1. The Morgan fingerprint density at radius 3 is 2.67 bits per heavy atom. The second kappa shape index (κ2) is 7.05. The van der Waals surface area contributed by atoms with E-state index in [4.69, 9.17) is 4.74 Å². The molecule has 1 aromatic heterocycles. The summed E-state index contributed by atoms with van der Waals surface area (Å²) in [6, 6.07) is 12.7. The Morgan fingerprint density at radius 1 is 1.21 bits per heavy atom. The first-order valence-electron chi connectivity index (χ1n) is 7.42. The van der Waals surface area contributed by atoms with E-state index in [9.17, 15) is 4.39 Å². The number of hydrogen-bond acceptors (Lipinski definition) is 3. The third-order valence-corrected chi connectivity index (χ3v) is 4.31. The van der Waals surface area contributed by atoms with Crippen LogP contribution in [0.25, 0.3) is 11.3 Å². The predicted molar refractivity (Wildman–Crippen MR) is 96.6 cm³/mol. The Kier molecular flexibility index (Phi) is 4.85. The van der Waals surface area contributed by atoms with Gasteiger partial charge in [-0.05, 0) is 42.5 Å². The van der Waals surface area contributed by atoms with Gasteiger partial charge in [0.25, 0.3) is 0 Å². The topological polar surface area (TPSA) is 39.1 Å². The van der Waals surface area contributed by atoms with Crippen LogP contribution in [-0.2, 0) is 13.6 Å². The summed E-state index contributed by atoms with van der Waals surface area (Å²) in [6.07, 6.45) is 1.79. The highest BCUT2D eigenvalue weighted by molar-refractivity contribution is 9.10. The lowest BCUT2D eigenvalue weighted by Crippen LogP contribution is -2.07. The molecule has 0 spiro atoms. The van der Waals surface area contributed by atoms with E-state index < -0.39 is 0 Å². The standard InChI is InChI=1S/C18H17BrFN3O/c1-23-17(12-3-6-15(24-2)7-4-12)11-22-18(23)21-10-13-9-14(19)5-8-16(13)20/h3-9,11H,10H2,1-2H3,(H,21,22). The summed E-state index contributed by atoms with van der Waals surface area (Å²) in [5.74, 6) is 1.25. The second-order valence-corrected chi connectivity index (χ2v) is 6.26. The maximum Gasteiger partial charge on any atom is 0.203 e. The number of anilines is 1. The van der Waals surface area contributed by atoms with Crippen molar-refractivity contribution in [1.82, 2.24) is 9.55 Å². The molecule has 2 aromatic carbocycles. The summed E-state index contributed by atoms with van der Waals surface area (Å²) in [5.41, 5.74) is 2.58. The van der Waals surface area contributed by atoms with E-state index in [1.54, 1.807) is 25.4 Å². The van der Waals surface area contributed by atoms with Gasteiger partial charge in [-0.15, -0.1) is 0 Å². The molecular formula is C18H17BrFN3O. The summed E-state index contributed by atoms with van der Waals surface area (Å²) in [5, 5.41) is 3.18. The van der Waals surface area contributed by atoms with Crippen LogP contribution in [0.2, 0.25) is 0 Å². The van der Waals surface area contributed by atoms with Gasteiger partial charge in [0.1, 0.15) is 11.6 Å². The van der Waals surface area contributed by atoms with Gasteiger partial charge in [0, 0.05) is 29.2 Å². The molecule has 0 amide bonds. The van der Waals surface area contributed by atoms with Gasteiger partial charge < -0.3 is 14.6 Å². The maximum atomic E-state index is 13.8. The molecule has 1 heterocycles. The highest BCUT2D eigenvalue weighted by Crippen LogP contribution is 2.24. The summed E-state index contributed by atoms with van der Waals surface area (Å²) in [4.78, 5) is 4.39. The molecule has 0 fully saturated rings. The molecule has 6 heteroatoms. The van der Waals surface area contributed by atoms with E-state index in [0.29, 0.717) is 18.1 Å². The van der Waals surface area contributed by atoms with Crippen molar-refractivity contribution in [3.63, 3.8) is 0 Å². The van der Waals surface area contributed by atoms with Crippen LogP contribution in [0.1, 0.15) is 5.56 Å². The fraction of sp³-hybridized carbons (Fsp3) is 0.167. The van der Waals surface area contributed by atoms with Crippen LogP contribution in [-0.4, -0.2) is 16.7 Å². The third-order valence-electron chi connectivity index (χ3n) is 3.82. The van der Waals surface area contributed by atoms with Crippen LogP contribution in [0.4, 0.5) is 10.3 Å². The number of rotatable bonds is 5.